The van der Waals surface area contributed by atoms with Crippen molar-refractivity contribution < 1.29 is 14.6 Å². The van der Waals surface area contributed by atoms with Gasteiger partial charge in [-0.3, -0.25) is 4.79 Å². The number of amides is 1. The number of primary amides is 1. The fourth-order valence-corrected chi connectivity index (χ4v) is 2.84. The molecule has 0 saturated carbocycles. The number of β-amino-alcohol motifs (C(OH)–C–C–N with tert-alkyl or cyclic N) is 1. The number of benzene rings is 1. The highest BCUT2D eigenvalue weighted by Gasteiger charge is 2.22. The Bertz CT molecular complexity index is 467. The topological polar surface area (TPSA) is 75.8 Å². The molecule has 1 saturated heterocycles. The van der Waals surface area contributed by atoms with E-state index in [4.69, 9.17) is 10.5 Å². The fraction of sp³-hybridized carbons (Fsp3) is 0.588. The number of aliphatic hydroxyl groups excluding tert-OH is 1. The van der Waals surface area contributed by atoms with Crippen LogP contribution in [0.2, 0.25) is 0 Å². The highest BCUT2D eigenvalue weighted by molar-refractivity contribution is 5.73. The number of aliphatic hydroxyl groups is 1. The summed E-state index contributed by atoms with van der Waals surface area (Å²) in [5.41, 5.74) is 6.42. The zero-order chi connectivity index (χ0) is 15.9. The van der Waals surface area contributed by atoms with Crippen molar-refractivity contribution >= 4 is 5.91 Å². The van der Waals surface area contributed by atoms with E-state index in [-0.39, 0.29) is 5.91 Å². The maximum Gasteiger partial charge on any atom is 0.217 e. The number of piperidine rings is 1. The molecule has 0 aliphatic carbocycles. The van der Waals surface area contributed by atoms with Gasteiger partial charge in [-0.2, -0.15) is 0 Å². The first-order valence-electron chi connectivity index (χ1n) is 7.91. The molecule has 3 N–H and O–H groups in total. The summed E-state index contributed by atoms with van der Waals surface area (Å²) in [5.74, 6) is 0.963. The van der Waals surface area contributed by atoms with E-state index in [0.29, 0.717) is 25.5 Å². The quantitative estimate of drug-likeness (QED) is 0.796. The summed E-state index contributed by atoms with van der Waals surface area (Å²) in [5, 5.41) is 10.1. The van der Waals surface area contributed by atoms with Gasteiger partial charge in [0, 0.05) is 13.0 Å². The number of likely N-dealkylation sites (tertiary alicyclic amines) is 1. The third-order valence-corrected chi connectivity index (χ3v) is 4.13. The van der Waals surface area contributed by atoms with Crippen molar-refractivity contribution in [2.45, 2.75) is 32.3 Å². The van der Waals surface area contributed by atoms with Gasteiger partial charge in [0.15, 0.2) is 0 Å². The van der Waals surface area contributed by atoms with Gasteiger partial charge in [0.25, 0.3) is 0 Å². The molecule has 1 aromatic carbocycles. The first-order valence-corrected chi connectivity index (χ1v) is 7.91. The molecule has 2 rings (SSSR count). The van der Waals surface area contributed by atoms with Crippen LogP contribution in [0.1, 0.15) is 24.8 Å². The van der Waals surface area contributed by atoms with Crippen LogP contribution in [-0.4, -0.2) is 48.3 Å². The molecule has 1 atom stereocenters. The second kappa shape index (κ2) is 8.15. The van der Waals surface area contributed by atoms with Crippen LogP contribution in [0, 0.1) is 12.8 Å². The molecular formula is C17H26N2O3. The summed E-state index contributed by atoms with van der Waals surface area (Å²) in [6, 6.07) is 7.81. The van der Waals surface area contributed by atoms with Gasteiger partial charge in [-0.05, 0) is 50.9 Å². The molecule has 0 radical (unpaired) electrons. The van der Waals surface area contributed by atoms with E-state index in [9.17, 15) is 9.90 Å². The van der Waals surface area contributed by atoms with Gasteiger partial charge in [0.1, 0.15) is 18.5 Å². The molecule has 22 heavy (non-hydrogen) atoms. The summed E-state index contributed by atoms with van der Waals surface area (Å²) in [6.07, 6.45) is 1.91. The third kappa shape index (κ3) is 5.66. The zero-order valence-corrected chi connectivity index (χ0v) is 13.2. The van der Waals surface area contributed by atoms with E-state index in [0.717, 1.165) is 31.7 Å². The maximum absolute atomic E-state index is 10.9. The number of rotatable bonds is 7. The molecule has 1 heterocycles. The standard InChI is InChI=1S/C17H26N2O3/c1-13-2-4-16(5-3-13)22-12-15(20)11-19-8-6-14(7-9-19)10-17(18)21/h2-5,14-15,20H,6-12H2,1H3,(H2,18,21). The highest BCUT2D eigenvalue weighted by Crippen LogP contribution is 2.20. The lowest BCUT2D eigenvalue weighted by Gasteiger charge is -2.32. The van der Waals surface area contributed by atoms with Gasteiger partial charge < -0.3 is 20.5 Å². The fourth-order valence-electron chi connectivity index (χ4n) is 2.84. The average Bonchev–Trinajstić information content (AvgIpc) is 2.48. The van der Waals surface area contributed by atoms with Crippen molar-refractivity contribution in [2.24, 2.45) is 11.7 Å². The number of nitrogens with zero attached hydrogens (tertiary/aromatic N) is 1. The first kappa shape index (κ1) is 16.8. The number of hydrogen-bond donors (Lipinski definition) is 2. The molecule has 1 fully saturated rings. The second-order valence-electron chi connectivity index (χ2n) is 6.19. The van der Waals surface area contributed by atoms with Gasteiger partial charge in [-0.15, -0.1) is 0 Å². The van der Waals surface area contributed by atoms with Crippen LogP contribution in [0.4, 0.5) is 0 Å². The number of aryl methyl sites for hydroxylation is 1. The number of ether oxygens (including phenoxy) is 1. The summed E-state index contributed by atoms with van der Waals surface area (Å²) in [6.45, 7) is 4.74. The molecule has 122 valence electrons. The van der Waals surface area contributed by atoms with Crippen LogP contribution in [0.25, 0.3) is 0 Å². The van der Waals surface area contributed by atoms with Crippen molar-refractivity contribution in [1.82, 2.24) is 4.90 Å². The SMILES string of the molecule is Cc1ccc(OCC(O)CN2CCC(CC(N)=O)CC2)cc1. The average molecular weight is 306 g/mol. The Morgan fingerprint density at radius 3 is 2.59 bits per heavy atom. The van der Waals surface area contributed by atoms with Crippen LogP contribution in [0.5, 0.6) is 5.75 Å². The van der Waals surface area contributed by atoms with Gasteiger partial charge in [-0.1, -0.05) is 17.7 Å². The van der Waals surface area contributed by atoms with E-state index in [1.54, 1.807) is 0 Å². The summed E-state index contributed by atoms with van der Waals surface area (Å²) >= 11 is 0. The van der Waals surface area contributed by atoms with Gasteiger partial charge in [0.2, 0.25) is 5.91 Å². The zero-order valence-electron chi connectivity index (χ0n) is 13.2. The molecule has 0 spiro atoms. The molecule has 1 amide bonds. The van der Waals surface area contributed by atoms with Crippen LogP contribution in [0.15, 0.2) is 24.3 Å². The highest BCUT2D eigenvalue weighted by atomic mass is 16.5. The molecule has 1 unspecified atom stereocenters. The normalized spacial score (nSPS) is 18.1. The lowest BCUT2D eigenvalue weighted by atomic mass is 9.93. The van der Waals surface area contributed by atoms with Crippen molar-refractivity contribution in [2.75, 3.05) is 26.2 Å². The van der Waals surface area contributed by atoms with Crippen LogP contribution < -0.4 is 10.5 Å². The molecule has 5 nitrogen and oxygen atoms in total. The number of hydrogen-bond acceptors (Lipinski definition) is 4. The van der Waals surface area contributed by atoms with Crippen molar-refractivity contribution in [1.29, 1.82) is 0 Å². The van der Waals surface area contributed by atoms with Gasteiger partial charge in [0.05, 0.1) is 0 Å². The van der Waals surface area contributed by atoms with E-state index >= 15 is 0 Å². The predicted molar refractivity (Wildman–Crippen MR) is 85.7 cm³/mol. The van der Waals surface area contributed by atoms with E-state index in [1.165, 1.54) is 5.56 Å². The predicted octanol–water partition coefficient (Wildman–Crippen LogP) is 1.32. The Hall–Kier alpha value is -1.59. The Balaban J connectivity index is 1.66. The summed E-state index contributed by atoms with van der Waals surface area (Å²) in [4.78, 5) is 13.1. The van der Waals surface area contributed by atoms with Crippen LogP contribution in [-0.2, 0) is 4.79 Å². The molecule has 1 aliphatic rings. The molecular weight excluding hydrogens is 280 g/mol. The Morgan fingerprint density at radius 2 is 2.00 bits per heavy atom. The van der Waals surface area contributed by atoms with Crippen molar-refractivity contribution in [3.8, 4) is 5.75 Å². The van der Waals surface area contributed by atoms with Crippen LogP contribution in [0.3, 0.4) is 0 Å². The molecule has 0 aromatic heterocycles. The molecule has 1 aliphatic heterocycles. The molecule has 1 aromatic rings. The Kier molecular flexibility index (Phi) is 6.21. The lowest BCUT2D eigenvalue weighted by Crippen LogP contribution is -2.41. The summed E-state index contributed by atoms with van der Waals surface area (Å²) in [7, 11) is 0. The van der Waals surface area contributed by atoms with Crippen molar-refractivity contribution in [3.05, 3.63) is 29.8 Å². The maximum atomic E-state index is 10.9. The minimum atomic E-state index is -0.506. The second-order valence-corrected chi connectivity index (χ2v) is 6.19. The third-order valence-electron chi connectivity index (χ3n) is 4.13. The Morgan fingerprint density at radius 1 is 1.36 bits per heavy atom. The number of nitrogens with two attached hydrogens (primary N) is 1. The summed E-state index contributed by atoms with van der Waals surface area (Å²) < 4.78 is 5.60. The molecule has 0 bridgehead atoms. The van der Waals surface area contributed by atoms with Crippen molar-refractivity contribution in [3.63, 3.8) is 0 Å². The van der Waals surface area contributed by atoms with Gasteiger partial charge in [-0.25, -0.2) is 0 Å². The minimum absolute atomic E-state index is 0.218. The molecule has 5 heteroatoms. The van der Waals surface area contributed by atoms with Gasteiger partial charge >= 0.3 is 0 Å². The first-order chi connectivity index (χ1) is 10.5. The number of carbonyl (C=O) groups excluding carboxylic acids is 1. The van der Waals surface area contributed by atoms with E-state index in [1.807, 2.05) is 31.2 Å². The lowest BCUT2D eigenvalue weighted by molar-refractivity contribution is -0.119. The monoisotopic (exact) mass is 306 g/mol. The Labute approximate surface area is 132 Å². The van der Waals surface area contributed by atoms with Crippen LogP contribution >= 0.6 is 0 Å². The van der Waals surface area contributed by atoms with E-state index in [2.05, 4.69) is 4.90 Å². The largest absolute Gasteiger partial charge is 0.491 e. The smallest absolute Gasteiger partial charge is 0.217 e. The number of carbonyl (C=O) groups is 1. The minimum Gasteiger partial charge on any atom is -0.491 e. The van der Waals surface area contributed by atoms with E-state index < -0.39 is 6.10 Å².